The van der Waals surface area contributed by atoms with Gasteiger partial charge in [-0.15, -0.1) is 12.4 Å². The molecule has 0 radical (unpaired) electrons. The van der Waals surface area contributed by atoms with E-state index < -0.39 is 0 Å². The molecular formula is C23H32ClN3O2. The van der Waals surface area contributed by atoms with E-state index >= 15 is 0 Å². The first-order valence-corrected chi connectivity index (χ1v) is 10.00. The van der Waals surface area contributed by atoms with E-state index in [9.17, 15) is 4.79 Å². The van der Waals surface area contributed by atoms with Crippen molar-refractivity contribution in [2.75, 3.05) is 19.6 Å². The van der Waals surface area contributed by atoms with Crippen LogP contribution in [-0.4, -0.2) is 42.6 Å². The normalized spacial score (nSPS) is 19.2. The second-order valence-corrected chi connectivity index (χ2v) is 7.83. The van der Waals surface area contributed by atoms with Gasteiger partial charge in [-0.2, -0.15) is 0 Å². The number of hydrogen-bond donors (Lipinski definition) is 2. The monoisotopic (exact) mass is 417 g/mol. The number of carbonyl (C=O) groups is 1. The molecule has 1 amide bonds. The average molecular weight is 418 g/mol. The third-order valence-corrected chi connectivity index (χ3v) is 5.10. The first-order chi connectivity index (χ1) is 13.5. The van der Waals surface area contributed by atoms with Gasteiger partial charge in [-0.1, -0.05) is 54.6 Å². The van der Waals surface area contributed by atoms with Crippen LogP contribution in [0.25, 0.3) is 0 Å². The fourth-order valence-corrected chi connectivity index (χ4v) is 3.65. The highest BCUT2D eigenvalue weighted by atomic mass is 35.5. The predicted octanol–water partition coefficient (Wildman–Crippen LogP) is 3.08. The predicted molar refractivity (Wildman–Crippen MR) is 119 cm³/mol. The molecule has 0 aromatic heterocycles. The van der Waals surface area contributed by atoms with Crippen LogP contribution in [0.1, 0.15) is 36.5 Å². The van der Waals surface area contributed by atoms with Crippen molar-refractivity contribution in [3.05, 3.63) is 71.3 Å². The second-order valence-electron chi connectivity index (χ2n) is 7.83. The molecule has 0 saturated carbocycles. The molecule has 3 N–H and O–H groups in total. The lowest BCUT2D eigenvalue weighted by Crippen LogP contribution is -2.37. The summed E-state index contributed by atoms with van der Waals surface area (Å²) in [5, 5.41) is 3.03. The number of amides is 1. The Bertz CT molecular complexity index is 770. The number of nitrogens with zero attached hydrogens (tertiary/aromatic N) is 1. The molecule has 1 aliphatic rings. The molecular weight excluding hydrogens is 386 g/mol. The van der Waals surface area contributed by atoms with Crippen LogP contribution in [0.3, 0.4) is 0 Å². The molecule has 2 atom stereocenters. The van der Waals surface area contributed by atoms with E-state index in [-0.39, 0.29) is 36.4 Å². The minimum Gasteiger partial charge on any atom is -0.374 e. The molecule has 0 unspecified atom stereocenters. The summed E-state index contributed by atoms with van der Waals surface area (Å²) >= 11 is 0. The molecule has 1 aliphatic heterocycles. The van der Waals surface area contributed by atoms with E-state index in [2.05, 4.69) is 28.4 Å². The van der Waals surface area contributed by atoms with E-state index in [1.807, 2.05) is 50.2 Å². The first kappa shape index (κ1) is 23.4. The van der Waals surface area contributed by atoms with Gasteiger partial charge in [0.15, 0.2) is 0 Å². The molecule has 2 aromatic rings. The van der Waals surface area contributed by atoms with Gasteiger partial charge in [0, 0.05) is 31.6 Å². The highest BCUT2D eigenvalue weighted by Crippen LogP contribution is 2.25. The molecule has 6 heteroatoms. The first-order valence-electron chi connectivity index (χ1n) is 10.00. The van der Waals surface area contributed by atoms with Crippen LogP contribution < -0.4 is 11.1 Å². The smallest absolute Gasteiger partial charge is 0.234 e. The van der Waals surface area contributed by atoms with Crippen molar-refractivity contribution in [2.45, 2.75) is 45.1 Å². The Morgan fingerprint density at radius 1 is 1.14 bits per heavy atom. The van der Waals surface area contributed by atoms with Crippen LogP contribution in [-0.2, 0) is 22.7 Å². The second kappa shape index (κ2) is 11.3. The number of ether oxygens (including phenoxy) is 1. The van der Waals surface area contributed by atoms with Crippen LogP contribution in [0, 0.1) is 0 Å². The quantitative estimate of drug-likeness (QED) is 0.692. The number of halogens is 1. The van der Waals surface area contributed by atoms with Crippen molar-refractivity contribution in [3.63, 3.8) is 0 Å². The Kier molecular flexibility index (Phi) is 9.11. The molecule has 0 aliphatic carbocycles. The molecule has 29 heavy (non-hydrogen) atoms. The van der Waals surface area contributed by atoms with Crippen molar-refractivity contribution >= 4 is 18.3 Å². The molecule has 2 aromatic carbocycles. The van der Waals surface area contributed by atoms with Gasteiger partial charge in [-0.25, -0.2) is 0 Å². The highest BCUT2D eigenvalue weighted by molar-refractivity contribution is 5.85. The minimum atomic E-state index is 0. The zero-order valence-electron chi connectivity index (χ0n) is 17.2. The minimum absolute atomic E-state index is 0. The van der Waals surface area contributed by atoms with Gasteiger partial charge in [-0.3, -0.25) is 9.69 Å². The van der Waals surface area contributed by atoms with Gasteiger partial charge in [-0.05, 0) is 30.5 Å². The van der Waals surface area contributed by atoms with Crippen LogP contribution in [0.15, 0.2) is 54.6 Å². The number of hydrogen-bond acceptors (Lipinski definition) is 4. The standard InChI is InChI=1S/C23H31N3O2.ClH/c1-17(2)28-16-19-8-6-7-18(11-19)12-25-23(27)15-26-13-21(22(24)14-26)20-9-4-3-5-10-20;/h3-11,17,21-22H,12-16,24H2,1-2H3,(H,25,27);1H/t21-,22+;/m0./s1. The van der Waals surface area contributed by atoms with E-state index in [1.165, 1.54) is 5.56 Å². The number of likely N-dealkylation sites (tertiary alicyclic amines) is 1. The number of nitrogens with one attached hydrogen (secondary N) is 1. The Morgan fingerprint density at radius 3 is 2.59 bits per heavy atom. The van der Waals surface area contributed by atoms with Crippen molar-refractivity contribution in [1.29, 1.82) is 0 Å². The van der Waals surface area contributed by atoms with E-state index in [4.69, 9.17) is 10.5 Å². The van der Waals surface area contributed by atoms with Crippen LogP contribution in [0.5, 0.6) is 0 Å². The molecule has 0 spiro atoms. The topological polar surface area (TPSA) is 67.6 Å². The molecule has 1 heterocycles. The van der Waals surface area contributed by atoms with E-state index in [1.54, 1.807) is 0 Å². The van der Waals surface area contributed by atoms with Crippen molar-refractivity contribution in [1.82, 2.24) is 10.2 Å². The maximum absolute atomic E-state index is 12.4. The third kappa shape index (κ3) is 7.12. The molecule has 5 nitrogen and oxygen atoms in total. The molecule has 0 bridgehead atoms. The lowest BCUT2D eigenvalue weighted by atomic mass is 9.95. The van der Waals surface area contributed by atoms with Crippen molar-refractivity contribution in [2.24, 2.45) is 5.73 Å². The maximum atomic E-state index is 12.4. The van der Waals surface area contributed by atoms with Gasteiger partial charge < -0.3 is 15.8 Å². The summed E-state index contributed by atoms with van der Waals surface area (Å²) in [5.74, 6) is 0.316. The third-order valence-electron chi connectivity index (χ3n) is 5.10. The molecule has 3 rings (SSSR count). The van der Waals surface area contributed by atoms with Crippen LogP contribution >= 0.6 is 12.4 Å². The average Bonchev–Trinajstić information content (AvgIpc) is 3.06. The Morgan fingerprint density at radius 2 is 1.86 bits per heavy atom. The fraction of sp³-hybridized carbons (Fsp3) is 0.435. The van der Waals surface area contributed by atoms with Gasteiger partial charge in [0.05, 0.1) is 19.3 Å². The Balaban J connectivity index is 0.00000300. The summed E-state index contributed by atoms with van der Waals surface area (Å²) in [6, 6.07) is 18.5. The summed E-state index contributed by atoms with van der Waals surface area (Å²) < 4.78 is 5.65. The van der Waals surface area contributed by atoms with Gasteiger partial charge in [0.25, 0.3) is 0 Å². The SMILES string of the molecule is CC(C)OCc1cccc(CNC(=O)CN2C[C@@H](N)[C@H](c3ccccc3)C2)c1.Cl. The van der Waals surface area contributed by atoms with Crippen LogP contribution in [0.2, 0.25) is 0 Å². The van der Waals surface area contributed by atoms with E-state index in [0.29, 0.717) is 19.7 Å². The molecule has 1 saturated heterocycles. The Hall–Kier alpha value is -1.92. The lowest BCUT2D eigenvalue weighted by Gasteiger charge is -2.16. The Labute approximate surface area is 180 Å². The van der Waals surface area contributed by atoms with Gasteiger partial charge in [0.1, 0.15) is 0 Å². The summed E-state index contributed by atoms with van der Waals surface area (Å²) in [6.45, 7) is 7.11. The molecule has 1 fully saturated rings. The lowest BCUT2D eigenvalue weighted by molar-refractivity contribution is -0.122. The van der Waals surface area contributed by atoms with Gasteiger partial charge >= 0.3 is 0 Å². The largest absolute Gasteiger partial charge is 0.374 e. The number of rotatable bonds is 8. The van der Waals surface area contributed by atoms with Gasteiger partial charge in [0.2, 0.25) is 5.91 Å². The van der Waals surface area contributed by atoms with Crippen molar-refractivity contribution < 1.29 is 9.53 Å². The number of nitrogens with two attached hydrogens (primary N) is 1. The summed E-state index contributed by atoms with van der Waals surface area (Å²) in [7, 11) is 0. The summed E-state index contributed by atoms with van der Waals surface area (Å²) in [5.41, 5.74) is 9.78. The maximum Gasteiger partial charge on any atom is 0.234 e. The fourth-order valence-electron chi connectivity index (χ4n) is 3.65. The van der Waals surface area contributed by atoms with E-state index in [0.717, 1.165) is 24.2 Å². The zero-order chi connectivity index (χ0) is 19.9. The van der Waals surface area contributed by atoms with Crippen LogP contribution in [0.4, 0.5) is 0 Å². The summed E-state index contributed by atoms with van der Waals surface area (Å²) in [6.07, 6.45) is 0.204. The molecule has 158 valence electrons. The number of benzene rings is 2. The summed E-state index contributed by atoms with van der Waals surface area (Å²) in [4.78, 5) is 14.5. The van der Waals surface area contributed by atoms with Crippen molar-refractivity contribution in [3.8, 4) is 0 Å². The number of carbonyl (C=O) groups excluding carboxylic acids is 1. The highest BCUT2D eigenvalue weighted by Gasteiger charge is 2.31. The zero-order valence-corrected chi connectivity index (χ0v) is 18.0.